The molecular weight excluding hydrogens is 236 g/mol. The first-order valence-corrected chi connectivity index (χ1v) is 7.02. The number of carbonyl (C=O) groups is 1. The van der Waals surface area contributed by atoms with E-state index in [0.29, 0.717) is 18.7 Å². The van der Waals surface area contributed by atoms with Crippen LogP contribution in [0.3, 0.4) is 0 Å². The van der Waals surface area contributed by atoms with Crippen molar-refractivity contribution in [2.24, 2.45) is 11.7 Å². The lowest BCUT2D eigenvalue weighted by Gasteiger charge is -2.03. The van der Waals surface area contributed by atoms with Crippen molar-refractivity contribution in [2.75, 3.05) is 6.54 Å². The largest absolute Gasteiger partial charge is 0.330 e. The van der Waals surface area contributed by atoms with Crippen molar-refractivity contribution in [3.05, 3.63) is 23.4 Å². The van der Waals surface area contributed by atoms with Gasteiger partial charge in [0.05, 0.1) is 5.70 Å². The molecule has 104 valence electrons. The molecule has 3 N–H and O–H groups in total. The average molecular weight is 260 g/mol. The van der Waals surface area contributed by atoms with Crippen LogP contribution in [-0.4, -0.2) is 12.5 Å². The van der Waals surface area contributed by atoms with E-state index in [1.807, 2.05) is 6.08 Å². The van der Waals surface area contributed by atoms with Crippen LogP contribution in [0.2, 0.25) is 0 Å². The lowest BCUT2D eigenvalue weighted by Crippen LogP contribution is -2.21. The molecule has 1 aliphatic carbocycles. The molecule has 3 heteroatoms. The summed E-state index contributed by atoms with van der Waals surface area (Å²) in [6.45, 7) is 2.88. The fourth-order valence-corrected chi connectivity index (χ4v) is 2.20. The molecule has 1 saturated carbocycles. The monoisotopic (exact) mass is 260 g/mol. The molecule has 0 aromatic rings. The van der Waals surface area contributed by atoms with Crippen molar-refractivity contribution in [2.45, 2.75) is 45.4 Å². The first-order chi connectivity index (χ1) is 9.15. The summed E-state index contributed by atoms with van der Waals surface area (Å²) < 4.78 is 0. The summed E-state index contributed by atoms with van der Waals surface area (Å²) in [5.41, 5.74) is 7.35. The van der Waals surface area contributed by atoms with Gasteiger partial charge >= 0.3 is 0 Å². The Morgan fingerprint density at radius 3 is 2.95 bits per heavy atom. The van der Waals surface area contributed by atoms with Gasteiger partial charge in [0.15, 0.2) is 0 Å². The molecule has 0 saturated heterocycles. The third-order valence-corrected chi connectivity index (χ3v) is 3.34. The minimum Gasteiger partial charge on any atom is -0.330 e. The summed E-state index contributed by atoms with van der Waals surface area (Å²) in [5, 5.41) is 2.76. The van der Waals surface area contributed by atoms with Gasteiger partial charge in [-0.2, -0.15) is 0 Å². The second-order valence-electron chi connectivity index (χ2n) is 5.19. The van der Waals surface area contributed by atoms with E-state index in [0.717, 1.165) is 31.6 Å². The number of unbranched alkanes of at least 4 members (excludes halogenated alkanes) is 1. The second kappa shape index (κ2) is 8.55. The van der Waals surface area contributed by atoms with Crippen LogP contribution in [0.1, 0.15) is 45.4 Å². The van der Waals surface area contributed by atoms with Crippen molar-refractivity contribution in [1.29, 1.82) is 0 Å². The smallest absolute Gasteiger partial charge is 0.224 e. The molecule has 1 amide bonds. The minimum atomic E-state index is -0.0316. The molecule has 1 fully saturated rings. The molecule has 0 bridgehead atoms. The number of hydrogen-bond donors (Lipinski definition) is 2. The highest BCUT2D eigenvalue weighted by Crippen LogP contribution is 2.29. The Bertz CT molecular complexity index is 401. The maximum Gasteiger partial charge on any atom is 0.224 e. The zero-order valence-electron chi connectivity index (χ0n) is 11.7. The van der Waals surface area contributed by atoms with E-state index in [9.17, 15) is 4.79 Å². The van der Waals surface area contributed by atoms with Crippen LogP contribution in [0, 0.1) is 18.3 Å². The van der Waals surface area contributed by atoms with Gasteiger partial charge in [-0.25, -0.2) is 0 Å². The van der Waals surface area contributed by atoms with Gasteiger partial charge in [0.25, 0.3) is 0 Å². The molecule has 3 nitrogen and oxygen atoms in total. The highest BCUT2D eigenvalue weighted by molar-refractivity contribution is 5.78. The molecular formula is C16H24N2O. The molecule has 1 unspecified atom stereocenters. The van der Waals surface area contributed by atoms with Crippen molar-refractivity contribution < 1.29 is 4.79 Å². The summed E-state index contributed by atoms with van der Waals surface area (Å²) in [4.78, 5) is 11.6. The van der Waals surface area contributed by atoms with Gasteiger partial charge in [-0.15, -0.1) is 6.42 Å². The highest BCUT2D eigenvalue weighted by Gasteiger charge is 2.13. The summed E-state index contributed by atoms with van der Waals surface area (Å²) in [6, 6.07) is 0. The quantitative estimate of drug-likeness (QED) is 0.569. The molecule has 0 spiro atoms. The molecule has 19 heavy (non-hydrogen) atoms. The van der Waals surface area contributed by atoms with Gasteiger partial charge in [0.1, 0.15) is 0 Å². The van der Waals surface area contributed by atoms with Gasteiger partial charge < -0.3 is 11.1 Å². The fraction of sp³-hybridized carbons (Fsp3) is 0.562. The Balaban J connectivity index is 2.45. The van der Waals surface area contributed by atoms with Crippen LogP contribution >= 0.6 is 0 Å². The Kier molecular flexibility index (Phi) is 6.99. The van der Waals surface area contributed by atoms with Crippen molar-refractivity contribution in [3.8, 4) is 12.3 Å². The number of hydrogen-bond acceptors (Lipinski definition) is 2. The zero-order chi connectivity index (χ0) is 14.1. The minimum absolute atomic E-state index is 0.0316. The van der Waals surface area contributed by atoms with Gasteiger partial charge in [-0.1, -0.05) is 24.5 Å². The van der Waals surface area contributed by atoms with Crippen LogP contribution in [0.5, 0.6) is 0 Å². The summed E-state index contributed by atoms with van der Waals surface area (Å²) in [5.74, 6) is 3.25. The first-order valence-electron chi connectivity index (χ1n) is 7.02. The van der Waals surface area contributed by atoms with E-state index >= 15 is 0 Å². The molecule has 0 aliphatic heterocycles. The predicted molar refractivity (Wildman–Crippen MR) is 79.1 cm³/mol. The summed E-state index contributed by atoms with van der Waals surface area (Å²) >= 11 is 0. The number of carbonyl (C=O) groups excluding carboxylic acids is 1. The fourth-order valence-electron chi connectivity index (χ4n) is 2.20. The van der Waals surface area contributed by atoms with Crippen LogP contribution < -0.4 is 11.1 Å². The normalized spacial score (nSPS) is 21.4. The van der Waals surface area contributed by atoms with Gasteiger partial charge in [-0.3, -0.25) is 4.79 Å². The van der Waals surface area contributed by atoms with E-state index in [4.69, 9.17) is 12.2 Å². The van der Waals surface area contributed by atoms with Crippen molar-refractivity contribution in [1.82, 2.24) is 5.32 Å². The van der Waals surface area contributed by atoms with E-state index in [-0.39, 0.29) is 5.91 Å². The number of nitrogens with two attached hydrogens (primary N) is 1. The van der Waals surface area contributed by atoms with Crippen molar-refractivity contribution in [3.63, 3.8) is 0 Å². The van der Waals surface area contributed by atoms with E-state index in [1.165, 1.54) is 12.0 Å². The Morgan fingerprint density at radius 1 is 1.58 bits per heavy atom. The second-order valence-corrected chi connectivity index (χ2v) is 5.19. The number of terminal acetylenes is 1. The Morgan fingerprint density at radius 2 is 2.37 bits per heavy atom. The maximum atomic E-state index is 11.6. The van der Waals surface area contributed by atoms with Crippen molar-refractivity contribution >= 4 is 5.91 Å². The number of amides is 1. The third-order valence-electron chi connectivity index (χ3n) is 3.34. The van der Waals surface area contributed by atoms with Gasteiger partial charge in [0.2, 0.25) is 5.91 Å². The standard InChI is InChI=1S/C16H24N2O/c1-3-15(18-16(19)6-4-5-11-17)10-9-14-8-7-13(2)12-14/h1,9-10,13H,4-8,11-12,17H2,2H3,(H,18,19)/b14-9-,15-10+. The number of nitrogens with one attached hydrogen (secondary N) is 1. The SMILES string of the molecule is C#C/C(=C\C=C1\CCC(C)C1)NC(=O)CCCCN. The zero-order valence-corrected chi connectivity index (χ0v) is 11.7. The molecule has 1 aliphatic rings. The summed E-state index contributed by atoms with van der Waals surface area (Å²) in [7, 11) is 0. The molecule has 0 heterocycles. The third kappa shape index (κ3) is 6.26. The van der Waals surface area contributed by atoms with E-state index in [1.54, 1.807) is 0 Å². The predicted octanol–water partition coefficient (Wildman–Crippen LogP) is 2.50. The molecule has 0 radical (unpaired) electrons. The van der Waals surface area contributed by atoms with E-state index in [2.05, 4.69) is 24.2 Å². The first kappa shape index (κ1) is 15.5. The van der Waals surface area contributed by atoms with Crippen LogP contribution in [0.4, 0.5) is 0 Å². The lowest BCUT2D eigenvalue weighted by molar-refractivity contribution is -0.120. The van der Waals surface area contributed by atoms with Crippen LogP contribution in [0.25, 0.3) is 0 Å². The van der Waals surface area contributed by atoms with E-state index < -0.39 is 0 Å². The van der Waals surface area contributed by atoms with Crippen LogP contribution in [0.15, 0.2) is 23.4 Å². The number of allylic oxidation sites excluding steroid dienone is 4. The topological polar surface area (TPSA) is 55.1 Å². The molecule has 1 atom stereocenters. The average Bonchev–Trinajstić information content (AvgIpc) is 2.80. The summed E-state index contributed by atoms with van der Waals surface area (Å²) in [6.07, 6.45) is 15.0. The highest BCUT2D eigenvalue weighted by atomic mass is 16.1. The lowest BCUT2D eigenvalue weighted by atomic mass is 10.1. The van der Waals surface area contributed by atoms with Gasteiger partial charge in [-0.05, 0) is 50.6 Å². The number of rotatable bonds is 6. The maximum absolute atomic E-state index is 11.6. The van der Waals surface area contributed by atoms with Crippen LogP contribution in [-0.2, 0) is 4.79 Å². The Hall–Kier alpha value is -1.53. The Labute approximate surface area is 116 Å². The molecule has 0 aromatic carbocycles. The molecule has 0 aromatic heterocycles. The molecule has 1 rings (SSSR count). The van der Waals surface area contributed by atoms with Gasteiger partial charge in [0, 0.05) is 6.42 Å².